The summed E-state index contributed by atoms with van der Waals surface area (Å²) in [6, 6.07) is 11.6. The molecule has 0 saturated heterocycles. The summed E-state index contributed by atoms with van der Waals surface area (Å²) in [6.45, 7) is 1.83. The molecule has 10 nitrogen and oxygen atoms in total. The van der Waals surface area contributed by atoms with Crippen molar-refractivity contribution in [2.45, 2.75) is 6.92 Å². The molecule has 1 heterocycles. The standard InChI is InChI=1S/C19H16N4O6/c1-11-4-3-5-13(8-11)22-17(25)10-15(24)18(21-22)19(26)20-12-6-7-16(29-2)14(9-12)23(27)28/h3-10,24H,1-2H3,(H,20,26). The van der Waals surface area contributed by atoms with E-state index in [0.717, 1.165) is 22.4 Å². The van der Waals surface area contributed by atoms with E-state index in [2.05, 4.69) is 10.4 Å². The zero-order valence-electron chi connectivity index (χ0n) is 15.4. The van der Waals surface area contributed by atoms with Crippen LogP contribution in [0.5, 0.6) is 11.5 Å². The van der Waals surface area contributed by atoms with Crippen LogP contribution in [-0.4, -0.2) is 32.8 Å². The Morgan fingerprint density at radius 1 is 1.24 bits per heavy atom. The highest BCUT2D eigenvalue weighted by Crippen LogP contribution is 2.30. The van der Waals surface area contributed by atoms with Gasteiger partial charge in [0, 0.05) is 17.8 Å². The van der Waals surface area contributed by atoms with Crippen molar-refractivity contribution in [3.05, 3.63) is 80.3 Å². The normalized spacial score (nSPS) is 10.4. The van der Waals surface area contributed by atoms with Crippen molar-refractivity contribution < 1.29 is 19.6 Å². The molecule has 0 bridgehead atoms. The third-order valence-corrected chi connectivity index (χ3v) is 4.01. The Morgan fingerprint density at radius 2 is 2.00 bits per heavy atom. The quantitative estimate of drug-likeness (QED) is 0.499. The Morgan fingerprint density at radius 3 is 2.66 bits per heavy atom. The highest BCUT2D eigenvalue weighted by molar-refractivity contribution is 6.04. The summed E-state index contributed by atoms with van der Waals surface area (Å²) in [4.78, 5) is 35.3. The van der Waals surface area contributed by atoms with E-state index in [1.54, 1.807) is 18.2 Å². The second-order valence-electron chi connectivity index (χ2n) is 6.07. The van der Waals surface area contributed by atoms with E-state index in [0.29, 0.717) is 5.69 Å². The maximum Gasteiger partial charge on any atom is 0.312 e. The first-order valence-electron chi connectivity index (χ1n) is 8.34. The fraction of sp³-hybridized carbons (Fsp3) is 0.105. The van der Waals surface area contributed by atoms with Gasteiger partial charge < -0.3 is 15.2 Å². The fourth-order valence-electron chi connectivity index (χ4n) is 2.65. The number of carbonyl (C=O) groups is 1. The number of methoxy groups -OCH3 is 1. The van der Waals surface area contributed by atoms with Gasteiger partial charge in [-0.1, -0.05) is 12.1 Å². The SMILES string of the molecule is COc1ccc(NC(=O)c2nn(-c3cccc(C)c3)c(=O)cc2O)cc1[N+](=O)[O-]. The van der Waals surface area contributed by atoms with Crippen molar-refractivity contribution in [1.29, 1.82) is 0 Å². The summed E-state index contributed by atoms with van der Waals surface area (Å²) >= 11 is 0. The highest BCUT2D eigenvalue weighted by Gasteiger charge is 2.20. The van der Waals surface area contributed by atoms with Crippen molar-refractivity contribution in [3.63, 3.8) is 0 Å². The van der Waals surface area contributed by atoms with Gasteiger partial charge in [-0.3, -0.25) is 19.7 Å². The molecule has 10 heteroatoms. The van der Waals surface area contributed by atoms with E-state index in [1.807, 2.05) is 13.0 Å². The molecule has 0 aliphatic heterocycles. The van der Waals surface area contributed by atoms with Crippen molar-refractivity contribution in [2.24, 2.45) is 0 Å². The Kier molecular flexibility index (Phi) is 5.26. The van der Waals surface area contributed by atoms with Crippen molar-refractivity contribution in [2.75, 3.05) is 12.4 Å². The van der Waals surface area contributed by atoms with Gasteiger partial charge in [0.15, 0.2) is 17.2 Å². The first-order chi connectivity index (χ1) is 13.8. The Hall–Kier alpha value is -4.21. The molecule has 2 N–H and O–H groups in total. The summed E-state index contributed by atoms with van der Waals surface area (Å²) in [7, 11) is 1.29. The van der Waals surface area contributed by atoms with Gasteiger partial charge in [0.1, 0.15) is 0 Å². The van der Waals surface area contributed by atoms with Crippen LogP contribution in [0.15, 0.2) is 53.3 Å². The molecule has 0 fully saturated rings. The number of amides is 1. The minimum absolute atomic E-state index is 0.0296. The van der Waals surface area contributed by atoms with E-state index < -0.39 is 27.8 Å². The Bertz CT molecular complexity index is 1170. The average Bonchev–Trinajstić information content (AvgIpc) is 2.67. The molecule has 2 aromatic carbocycles. The number of benzene rings is 2. The number of anilines is 1. The van der Waals surface area contributed by atoms with Crippen LogP contribution in [0.3, 0.4) is 0 Å². The number of aromatic hydroxyl groups is 1. The van der Waals surface area contributed by atoms with Crippen LogP contribution >= 0.6 is 0 Å². The number of hydrogen-bond acceptors (Lipinski definition) is 7. The molecule has 1 aromatic heterocycles. The number of nitrogens with zero attached hydrogens (tertiary/aromatic N) is 3. The maximum absolute atomic E-state index is 12.6. The number of nitro benzene ring substituents is 1. The van der Waals surface area contributed by atoms with E-state index in [-0.39, 0.29) is 17.1 Å². The lowest BCUT2D eigenvalue weighted by atomic mass is 10.2. The largest absolute Gasteiger partial charge is 0.505 e. The number of nitrogens with one attached hydrogen (secondary N) is 1. The highest BCUT2D eigenvalue weighted by atomic mass is 16.6. The van der Waals surface area contributed by atoms with Gasteiger partial charge in [0.2, 0.25) is 0 Å². The van der Waals surface area contributed by atoms with Crippen molar-refractivity contribution in [3.8, 4) is 17.2 Å². The predicted molar refractivity (Wildman–Crippen MR) is 104 cm³/mol. The van der Waals surface area contributed by atoms with Gasteiger partial charge in [-0.05, 0) is 36.8 Å². The van der Waals surface area contributed by atoms with Crippen LogP contribution in [0.25, 0.3) is 5.69 Å². The zero-order chi connectivity index (χ0) is 21.1. The van der Waals surface area contributed by atoms with Gasteiger partial charge in [0.25, 0.3) is 11.5 Å². The number of ether oxygens (including phenoxy) is 1. The third-order valence-electron chi connectivity index (χ3n) is 4.01. The molecule has 3 aromatic rings. The molecule has 3 rings (SSSR count). The summed E-state index contributed by atoms with van der Waals surface area (Å²) in [5.41, 5.74) is 0.0171. The smallest absolute Gasteiger partial charge is 0.312 e. The maximum atomic E-state index is 12.6. The van der Waals surface area contributed by atoms with Gasteiger partial charge in [-0.15, -0.1) is 0 Å². The Balaban J connectivity index is 1.98. The topological polar surface area (TPSA) is 137 Å². The lowest BCUT2D eigenvalue weighted by molar-refractivity contribution is -0.385. The molecule has 0 aliphatic rings. The van der Waals surface area contributed by atoms with E-state index in [9.17, 15) is 24.8 Å². The second kappa shape index (κ2) is 7.80. The van der Waals surface area contributed by atoms with E-state index in [1.165, 1.54) is 19.2 Å². The average molecular weight is 396 g/mol. The molecule has 0 saturated carbocycles. The third kappa shape index (κ3) is 4.05. The summed E-state index contributed by atoms with van der Waals surface area (Å²) < 4.78 is 5.90. The van der Waals surface area contributed by atoms with Crippen molar-refractivity contribution in [1.82, 2.24) is 9.78 Å². The summed E-state index contributed by atoms with van der Waals surface area (Å²) in [6.07, 6.45) is 0. The lowest BCUT2D eigenvalue weighted by Crippen LogP contribution is -2.25. The van der Waals surface area contributed by atoms with Crippen LogP contribution < -0.4 is 15.6 Å². The summed E-state index contributed by atoms with van der Waals surface area (Å²) in [5.74, 6) is -1.43. The number of hydrogen-bond donors (Lipinski definition) is 2. The van der Waals surface area contributed by atoms with E-state index in [4.69, 9.17) is 4.74 Å². The van der Waals surface area contributed by atoms with Gasteiger partial charge in [0.05, 0.1) is 17.7 Å². The van der Waals surface area contributed by atoms with Crippen LogP contribution in [-0.2, 0) is 0 Å². The summed E-state index contributed by atoms with van der Waals surface area (Å²) in [5, 5.41) is 27.5. The predicted octanol–water partition coefficient (Wildman–Crippen LogP) is 2.42. The molecule has 29 heavy (non-hydrogen) atoms. The minimum Gasteiger partial charge on any atom is -0.505 e. The number of carbonyl (C=O) groups excluding carboxylic acids is 1. The molecule has 0 spiro atoms. The molecule has 0 atom stereocenters. The first kappa shape index (κ1) is 19.5. The van der Waals surface area contributed by atoms with Crippen molar-refractivity contribution >= 4 is 17.3 Å². The molecular formula is C19H16N4O6. The monoisotopic (exact) mass is 396 g/mol. The molecule has 0 radical (unpaired) electrons. The first-order valence-corrected chi connectivity index (χ1v) is 8.34. The molecule has 0 aliphatic carbocycles. The van der Waals surface area contributed by atoms with Crippen LogP contribution in [0.4, 0.5) is 11.4 Å². The van der Waals surface area contributed by atoms with E-state index >= 15 is 0 Å². The van der Waals surface area contributed by atoms with Crippen LogP contribution in [0.2, 0.25) is 0 Å². The fourth-order valence-corrected chi connectivity index (χ4v) is 2.65. The van der Waals surface area contributed by atoms with Crippen LogP contribution in [0, 0.1) is 17.0 Å². The number of aryl methyl sites for hydroxylation is 1. The molecular weight excluding hydrogens is 380 g/mol. The lowest BCUT2D eigenvalue weighted by Gasteiger charge is -2.10. The van der Waals surface area contributed by atoms with Gasteiger partial charge in [-0.2, -0.15) is 9.78 Å². The van der Waals surface area contributed by atoms with Crippen LogP contribution in [0.1, 0.15) is 16.1 Å². The number of nitro groups is 1. The van der Waals surface area contributed by atoms with Gasteiger partial charge >= 0.3 is 5.69 Å². The Labute approximate surface area is 164 Å². The molecule has 1 amide bonds. The number of rotatable bonds is 5. The van der Waals surface area contributed by atoms with Gasteiger partial charge in [-0.25, -0.2) is 0 Å². The zero-order valence-corrected chi connectivity index (χ0v) is 15.4. The molecule has 148 valence electrons. The molecule has 0 unspecified atom stereocenters. The minimum atomic E-state index is -0.844. The number of aromatic nitrogens is 2. The second-order valence-corrected chi connectivity index (χ2v) is 6.07.